The van der Waals surface area contributed by atoms with Gasteiger partial charge in [0.2, 0.25) is 11.8 Å². The van der Waals surface area contributed by atoms with Crippen molar-refractivity contribution >= 4 is 33.3 Å². The standard InChI is InChI=1S/C35H45NO3.C34H43NO6S/c1-5-23-38-31-19-11-26(12-20-31)24-33(28-13-15-29(16-14-28)35(2,3)4)34(37)36-30-17-21-32(22-18-30)39-25-27-9-7-6-8-10-27;1-34(2,3)28-13-11-27(12-14-28)32(23-25-9-17-30(18-10-25)40-21-22-42(37,38)39)33(36)35-29-15-19-31(20-16-29)41-24-26-7-5-4-6-8-26/h11-22,27,33H,5-10,23-25H2,1-4H3,(H,36,37);9-20,26,32H,4-8,21-24H2,1-3H3,(H,35,36)(H,37,38,39). The number of carbonyl (C=O) groups excluding carboxylic acids is 2. The average molecular weight is 1120 g/mol. The molecule has 8 rings (SSSR count). The summed E-state index contributed by atoms with van der Waals surface area (Å²) < 4.78 is 54.0. The Morgan fingerprint density at radius 3 is 1.15 bits per heavy atom. The molecule has 0 heterocycles. The van der Waals surface area contributed by atoms with Crippen LogP contribution in [-0.2, 0) is 43.4 Å². The Labute approximate surface area is 483 Å². The van der Waals surface area contributed by atoms with Crippen molar-refractivity contribution < 1.29 is 41.5 Å². The number of anilines is 2. The monoisotopic (exact) mass is 1120 g/mol. The lowest BCUT2D eigenvalue weighted by Gasteiger charge is -2.22. The van der Waals surface area contributed by atoms with Crippen LogP contribution in [0.2, 0.25) is 0 Å². The van der Waals surface area contributed by atoms with E-state index in [1.807, 2.05) is 84.9 Å². The molecule has 0 radical (unpaired) electrons. The molecule has 2 amide bonds. The lowest BCUT2D eigenvalue weighted by Crippen LogP contribution is -2.23. The molecule has 6 aromatic carbocycles. The van der Waals surface area contributed by atoms with Gasteiger partial charge in [0, 0.05) is 11.4 Å². The molecule has 12 heteroatoms. The van der Waals surface area contributed by atoms with E-state index in [4.69, 9.17) is 23.5 Å². The van der Waals surface area contributed by atoms with Crippen LogP contribution < -0.4 is 29.6 Å². The first kappa shape index (κ1) is 62.0. The summed E-state index contributed by atoms with van der Waals surface area (Å²) in [5.74, 6) is 2.96. The van der Waals surface area contributed by atoms with E-state index in [0.29, 0.717) is 42.7 Å². The fourth-order valence-electron chi connectivity index (χ4n) is 10.4. The molecule has 11 nitrogen and oxygen atoms in total. The summed E-state index contributed by atoms with van der Waals surface area (Å²) in [4.78, 5) is 27.3. The molecule has 0 spiro atoms. The Hall–Kier alpha value is -6.63. The molecule has 2 unspecified atom stereocenters. The lowest BCUT2D eigenvalue weighted by atomic mass is 9.84. The summed E-state index contributed by atoms with van der Waals surface area (Å²) in [5, 5.41) is 6.25. The summed E-state index contributed by atoms with van der Waals surface area (Å²) in [5.41, 5.74) is 7.98. The third-order valence-electron chi connectivity index (χ3n) is 15.5. The Morgan fingerprint density at radius 2 is 0.815 bits per heavy atom. The second-order valence-electron chi connectivity index (χ2n) is 24.2. The fourth-order valence-corrected chi connectivity index (χ4v) is 10.7. The van der Waals surface area contributed by atoms with Crippen molar-refractivity contribution in [2.75, 3.05) is 42.8 Å². The van der Waals surface area contributed by atoms with E-state index >= 15 is 0 Å². The van der Waals surface area contributed by atoms with E-state index in [1.165, 1.54) is 75.3 Å². The molecule has 6 aromatic rings. The Kier molecular flexibility index (Phi) is 22.9. The maximum absolute atomic E-state index is 13.7. The maximum atomic E-state index is 13.7. The molecule has 0 bridgehead atoms. The van der Waals surface area contributed by atoms with Crippen LogP contribution >= 0.6 is 0 Å². The zero-order valence-corrected chi connectivity index (χ0v) is 49.8. The van der Waals surface area contributed by atoms with Gasteiger partial charge in [-0.25, -0.2) is 0 Å². The fraction of sp³-hybridized carbons (Fsp3) is 0.449. The SMILES string of the molecule is CC(C)(C)c1ccc(C(Cc2ccc(OCCS(=O)(=O)O)cc2)C(=O)Nc2ccc(OCC3CCCCC3)cc2)cc1.CCCOc1ccc(CC(C(=O)Nc2ccc(OCC3CCCCC3)cc2)c2ccc(C(C)(C)C)cc2)cc1. The van der Waals surface area contributed by atoms with Crippen molar-refractivity contribution in [3.8, 4) is 23.0 Å². The predicted molar refractivity (Wildman–Crippen MR) is 328 cm³/mol. The van der Waals surface area contributed by atoms with Crippen molar-refractivity contribution in [2.45, 2.75) is 155 Å². The van der Waals surface area contributed by atoms with Gasteiger partial charge in [0.25, 0.3) is 10.1 Å². The first-order valence-corrected chi connectivity index (χ1v) is 31.1. The molecule has 2 fully saturated rings. The van der Waals surface area contributed by atoms with Crippen molar-refractivity contribution in [2.24, 2.45) is 11.8 Å². The van der Waals surface area contributed by atoms with Crippen LogP contribution in [0.4, 0.5) is 11.4 Å². The molecule has 0 aromatic heterocycles. The molecule has 2 aliphatic rings. The normalized spacial score (nSPS) is 15.1. The van der Waals surface area contributed by atoms with Gasteiger partial charge >= 0.3 is 0 Å². The number of hydrogen-bond acceptors (Lipinski definition) is 8. The molecule has 2 atom stereocenters. The minimum absolute atomic E-state index is 0.00226. The Morgan fingerprint density at radius 1 is 0.481 bits per heavy atom. The first-order valence-electron chi connectivity index (χ1n) is 29.4. The summed E-state index contributed by atoms with van der Waals surface area (Å²) in [6.45, 7) is 17.3. The van der Waals surface area contributed by atoms with Crippen molar-refractivity contribution in [3.63, 3.8) is 0 Å². The quantitative estimate of drug-likeness (QED) is 0.0533. The van der Waals surface area contributed by atoms with Crippen molar-refractivity contribution in [3.05, 3.63) is 179 Å². The molecule has 0 aliphatic heterocycles. The zero-order chi connectivity index (χ0) is 57.8. The molecule has 81 heavy (non-hydrogen) atoms. The number of hydrogen-bond donors (Lipinski definition) is 3. The number of nitrogens with one attached hydrogen (secondary N) is 2. The number of rotatable bonds is 23. The van der Waals surface area contributed by atoms with E-state index in [0.717, 1.165) is 64.8 Å². The molecule has 0 saturated heterocycles. The van der Waals surface area contributed by atoms with Gasteiger partial charge in [-0.1, -0.05) is 160 Å². The highest BCUT2D eigenvalue weighted by Crippen LogP contribution is 2.32. The molecule has 2 saturated carbocycles. The van der Waals surface area contributed by atoms with Crippen LogP contribution in [0.15, 0.2) is 146 Å². The smallest absolute Gasteiger partial charge is 0.268 e. The van der Waals surface area contributed by atoms with Crippen LogP contribution in [0.3, 0.4) is 0 Å². The third kappa shape index (κ3) is 20.7. The molecule has 434 valence electrons. The topological polar surface area (TPSA) is 149 Å². The summed E-state index contributed by atoms with van der Waals surface area (Å²) in [7, 11) is -4.08. The van der Waals surface area contributed by atoms with E-state index in [1.54, 1.807) is 12.1 Å². The van der Waals surface area contributed by atoms with Crippen LogP contribution in [0.5, 0.6) is 23.0 Å². The summed E-state index contributed by atoms with van der Waals surface area (Å²) in [6.07, 6.45) is 14.9. The number of ether oxygens (including phenoxy) is 4. The molecular formula is C69H88N2O9S. The largest absolute Gasteiger partial charge is 0.494 e. The van der Waals surface area contributed by atoms with Gasteiger partial charge in [0.1, 0.15) is 35.4 Å². The van der Waals surface area contributed by atoms with Gasteiger partial charge in [0.15, 0.2) is 0 Å². The Balaban J connectivity index is 0.000000234. The van der Waals surface area contributed by atoms with Gasteiger partial charge in [-0.15, -0.1) is 0 Å². The van der Waals surface area contributed by atoms with E-state index in [9.17, 15) is 18.0 Å². The maximum Gasteiger partial charge on any atom is 0.268 e. The minimum Gasteiger partial charge on any atom is -0.494 e. The van der Waals surface area contributed by atoms with Gasteiger partial charge in [-0.05, 0) is 174 Å². The van der Waals surface area contributed by atoms with Crippen molar-refractivity contribution in [1.82, 2.24) is 0 Å². The van der Waals surface area contributed by atoms with Gasteiger partial charge in [0.05, 0.1) is 31.7 Å². The number of amides is 2. The lowest BCUT2D eigenvalue weighted by molar-refractivity contribution is -0.118. The predicted octanol–water partition coefficient (Wildman–Crippen LogP) is 15.9. The molecule has 3 N–H and O–H groups in total. The first-order chi connectivity index (χ1) is 38.8. The van der Waals surface area contributed by atoms with Crippen molar-refractivity contribution in [1.29, 1.82) is 0 Å². The highest BCUT2D eigenvalue weighted by Gasteiger charge is 2.26. The van der Waals surface area contributed by atoms with Crippen LogP contribution in [0.25, 0.3) is 0 Å². The Bertz CT molecular complexity index is 2950. The third-order valence-corrected chi connectivity index (χ3v) is 16.1. The highest BCUT2D eigenvalue weighted by atomic mass is 32.2. The van der Waals surface area contributed by atoms with Gasteiger partial charge in [-0.2, -0.15) is 8.42 Å². The zero-order valence-electron chi connectivity index (χ0n) is 49.0. The van der Waals surface area contributed by atoms with Gasteiger partial charge < -0.3 is 29.6 Å². The minimum atomic E-state index is -4.08. The van der Waals surface area contributed by atoms with E-state index < -0.39 is 21.8 Å². The number of benzene rings is 6. The van der Waals surface area contributed by atoms with E-state index in [2.05, 4.69) is 108 Å². The second-order valence-corrected chi connectivity index (χ2v) is 25.8. The summed E-state index contributed by atoms with van der Waals surface area (Å²) >= 11 is 0. The average Bonchev–Trinajstić information content (AvgIpc) is 3.46. The second kappa shape index (κ2) is 29.9. The summed E-state index contributed by atoms with van der Waals surface area (Å²) in [6, 6.07) is 47.4. The van der Waals surface area contributed by atoms with Gasteiger partial charge in [-0.3, -0.25) is 14.1 Å². The van der Waals surface area contributed by atoms with Crippen LogP contribution in [-0.4, -0.2) is 57.0 Å². The molecule has 2 aliphatic carbocycles. The highest BCUT2D eigenvalue weighted by molar-refractivity contribution is 7.85. The number of carbonyl (C=O) groups is 2. The van der Waals surface area contributed by atoms with Crippen LogP contribution in [0.1, 0.15) is 164 Å². The van der Waals surface area contributed by atoms with Crippen LogP contribution in [0, 0.1) is 11.8 Å². The molecular weight excluding hydrogens is 1030 g/mol. The van der Waals surface area contributed by atoms with E-state index in [-0.39, 0.29) is 35.2 Å².